The highest BCUT2D eigenvalue weighted by Gasteiger charge is 2.22. The van der Waals surface area contributed by atoms with Gasteiger partial charge in [-0.25, -0.2) is 4.39 Å². The molecule has 3 aromatic rings. The topological polar surface area (TPSA) is 71.7 Å². The van der Waals surface area contributed by atoms with Gasteiger partial charge in [-0.2, -0.15) is 0 Å². The molecule has 0 spiro atoms. The van der Waals surface area contributed by atoms with Crippen LogP contribution in [0.5, 0.6) is 5.75 Å². The summed E-state index contributed by atoms with van der Waals surface area (Å²) in [5, 5.41) is 8.85. The van der Waals surface area contributed by atoms with Crippen LogP contribution >= 0.6 is 23.4 Å². The van der Waals surface area contributed by atoms with E-state index in [9.17, 15) is 9.18 Å². The zero-order valence-corrected chi connectivity index (χ0v) is 18.1. The van der Waals surface area contributed by atoms with Crippen LogP contribution in [0.2, 0.25) is 5.02 Å². The van der Waals surface area contributed by atoms with Gasteiger partial charge in [0.15, 0.2) is 6.61 Å². The maximum absolute atomic E-state index is 13.1. The van der Waals surface area contributed by atoms with Gasteiger partial charge >= 0.3 is 0 Å². The van der Waals surface area contributed by atoms with Gasteiger partial charge in [-0.3, -0.25) is 4.79 Å². The molecule has 4 rings (SSSR count). The molecule has 0 unspecified atom stereocenters. The molecule has 0 aliphatic carbocycles. The summed E-state index contributed by atoms with van der Waals surface area (Å²) in [6.45, 7) is 2.76. The van der Waals surface area contributed by atoms with E-state index in [0.717, 1.165) is 5.69 Å². The maximum atomic E-state index is 13.1. The average molecular weight is 463 g/mol. The summed E-state index contributed by atoms with van der Waals surface area (Å²) < 4.78 is 24.2. The first kappa shape index (κ1) is 21.5. The number of thioether (sulfide) groups is 1. The minimum Gasteiger partial charge on any atom is -0.484 e. The van der Waals surface area contributed by atoms with E-state index in [1.165, 1.54) is 23.9 Å². The fourth-order valence-corrected chi connectivity index (χ4v) is 3.92. The molecule has 1 aliphatic rings. The Balaban J connectivity index is 1.20. The maximum Gasteiger partial charge on any atom is 0.277 e. The molecule has 0 N–H and O–H groups in total. The van der Waals surface area contributed by atoms with Crippen molar-refractivity contribution in [3.8, 4) is 5.75 Å². The van der Waals surface area contributed by atoms with Gasteiger partial charge in [-0.05, 0) is 48.5 Å². The molecule has 0 atom stereocenters. The highest BCUT2D eigenvalue weighted by atomic mass is 35.5. The van der Waals surface area contributed by atoms with Crippen molar-refractivity contribution in [2.75, 3.05) is 36.8 Å². The van der Waals surface area contributed by atoms with Crippen molar-refractivity contribution >= 4 is 35.0 Å². The van der Waals surface area contributed by atoms with Gasteiger partial charge in [0.25, 0.3) is 11.1 Å². The third kappa shape index (κ3) is 5.89. The van der Waals surface area contributed by atoms with Crippen molar-refractivity contribution in [2.45, 2.75) is 11.8 Å². The molecule has 1 aromatic heterocycles. The Labute approximate surface area is 188 Å². The van der Waals surface area contributed by atoms with Crippen LogP contribution in [0.1, 0.15) is 5.89 Å². The summed E-state index contributed by atoms with van der Waals surface area (Å²) in [4.78, 5) is 16.5. The molecule has 10 heteroatoms. The van der Waals surface area contributed by atoms with E-state index in [4.69, 9.17) is 20.8 Å². The van der Waals surface area contributed by atoms with Gasteiger partial charge in [0.2, 0.25) is 5.91 Å². The number of halogens is 2. The molecule has 0 bridgehead atoms. The standard InChI is InChI=1S/C21H20ClFN4O3S/c22-15-1-7-18(8-2-15)29-13-19-24-25-21(30-19)31-14-20(28)27-11-9-26(10-12-27)17-5-3-16(23)4-6-17/h1-8H,9-14H2. The molecule has 31 heavy (non-hydrogen) atoms. The number of ether oxygens (including phenoxy) is 1. The van der Waals surface area contributed by atoms with E-state index in [1.54, 1.807) is 36.4 Å². The molecular formula is C21H20ClFN4O3S. The summed E-state index contributed by atoms with van der Waals surface area (Å²) in [5.41, 5.74) is 0.960. The van der Waals surface area contributed by atoms with E-state index >= 15 is 0 Å². The Morgan fingerprint density at radius 3 is 2.48 bits per heavy atom. The molecule has 0 saturated carbocycles. The van der Waals surface area contributed by atoms with Crippen molar-refractivity contribution < 1.29 is 18.3 Å². The molecule has 162 valence electrons. The van der Waals surface area contributed by atoms with E-state index < -0.39 is 0 Å². The van der Waals surface area contributed by atoms with Crippen molar-refractivity contribution in [3.05, 3.63) is 65.3 Å². The summed E-state index contributed by atoms with van der Waals surface area (Å²) in [7, 11) is 0. The fourth-order valence-electron chi connectivity index (χ4n) is 3.11. The number of aromatic nitrogens is 2. The first-order valence-corrected chi connectivity index (χ1v) is 11.0. The lowest BCUT2D eigenvalue weighted by Crippen LogP contribution is -2.49. The molecule has 1 amide bonds. The molecule has 1 fully saturated rings. The highest BCUT2D eigenvalue weighted by Crippen LogP contribution is 2.21. The Hall–Kier alpha value is -2.78. The smallest absolute Gasteiger partial charge is 0.277 e. The summed E-state index contributed by atoms with van der Waals surface area (Å²) >= 11 is 7.05. The van der Waals surface area contributed by atoms with Gasteiger partial charge in [-0.15, -0.1) is 10.2 Å². The van der Waals surface area contributed by atoms with Crippen LogP contribution in [0.25, 0.3) is 0 Å². The zero-order valence-electron chi connectivity index (χ0n) is 16.5. The molecular weight excluding hydrogens is 443 g/mol. The molecule has 2 heterocycles. The average Bonchev–Trinajstić information content (AvgIpc) is 3.26. The number of nitrogens with zero attached hydrogens (tertiary/aromatic N) is 4. The second-order valence-electron chi connectivity index (χ2n) is 6.84. The number of amides is 1. The van der Waals surface area contributed by atoms with Gasteiger partial charge in [-0.1, -0.05) is 23.4 Å². The number of carbonyl (C=O) groups is 1. The number of carbonyl (C=O) groups excluding carboxylic acids is 1. The van der Waals surface area contributed by atoms with E-state index in [1.807, 2.05) is 4.90 Å². The minimum atomic E-state index is -0.254. The molecule has 2 aromatic carbocycles. The number of hydrogen-bond acceptors (Lipinski definition) is 7. The second kappa shape index (κ2) is 10.0. The summed E-state index contributed by atoms with van der Waals surface area (Å²) in [6, 6.07) is 13.4. The van der Waals surface area contributed by atoms with Crippen LogP contribution in [0.15, 0.2) is 58.2 Å². The molecule has 1 aliphatic heterocycles. The Kier molecular flexibility index (Phi) is 6.93. The third-order valence-corrected chi connectivity index (χ3v) is 5.82. The lowest BCUT2D eigenvalue weighted by Gasteiger charge is -2.36. The van der Waals surface area contributed by atoms with E-state index in [-0.39, 0.29) is 24.1 Å². The van der Waals surface area contributed by atoms with Crippen molar-refractivity contribution in [1.29, 1.82) is 0 Å². The third-order valence-electron chi connectivity index (χ3n) is 4.77. The fraction of sp³-hybridized carbons (Fsp3) is 0.286. The largest absolute Gasteiger partial charge is 0.484 e. The van der Waals surface area contributed by atoms with Crippen LogP contribution < -0.4 is 9.64 Å². The predicted octanol–water partition coefficient (Wildman–Crippen LogP) is 3.88. The highest BCUT2D eigenvalue weighted by molar-refractivity contribution is 7.99. The number of hydrogen-bond donors (Lipinski definition) is 0. The van der Waals surface area contributed by atoms with Gasteiger partial charge in [0, 0.05) is 36.9 Å². The van der Waals surface area contributed by atoms with Crippen LogP contribution in [0, 0.1) is 5.82 Å². The summed E-state index contributed by atoms with van der Waals surface area (Å²) in [6.07, 6.45) is 0. The number of rotatable bonds is 7. The van der Waals surface area contributed by atoms with Gasteiger partial charge in [0.05, 0.1) is 5.75 Å². The van der Waals surface area contributed by atoms with E-state index in [0.29, 0.717) is 48.1 Å². The Morgan fingerprint density at radius 1 is 1.06 bits per heavy atom. The Bertz CT molecular complexity index is 1010. The van der Waals surface area contributed by atoms with Gasteiger partial charge in [0.1, 0.15) is 11.6 Å². The number of benzene rings is 2. The quantitative estimate of drug-likeness (QED) is 0.493. The second-order valence-corrected chi connectivity index (χ2v) is 8.20. The van der Waals surface area contributed by atoms with Crippen LogP contribution in [0.4, 0.5) is 10.1 Å². The van der Waals surface area contributed by atoms with E-state index in [2.05, 4.69) is 15.1 Å². The molecule has 7 nitrogen and oxygen atoms in total. The van der Waals surface area contributed by atoms with Crippen LogP contribution in [-0.2, 0) is 11.4 Å². The molecule has 0 radical (unpaired) electrons. The molecule has 1 saturated heterocycles. The van der Waals surface area contributed by atoms with Crippen molar-refractivity contribution in [1.82, 2.24) is 15.1 Å². The van der Waals surface area contributed by atoms with Crippen molar-refractivity contribution in [3.63, 3.8) is 0 Å². The first-order chi connectivity index (χ1) is 15.1. The lowest BCUT2D eigenvalue weighted by molar-refractivity contribution is -0.128. The number of piperazine rings is 1. The SMILES string of the molecule is O=C(CSc1nnc(COc2ccc(Cl)cc2)o1)N1CCN(c2ccc(F)cc2)CC1. The summed E-state index contributed by atoms with van der Waals surface area (Å²) in [5.74, 6) is 0.955. The van der Waals surface area contributed by atoms with Crippen LogP contribution in [0.3, 0.4) is 0 Å². The monoisotopic (exact) mass is 462 g/mol. The van der Waals surface area contributed by atoms with Crippen LogP contribution in [-0.4, -0.2) is 52.9 Å². The minimum absolute atomic E-state index is 0.0147. The lowest BCUT2D eigenvalue weighted by atomic mass is 10.2. The van der Waals surface area contributed by atoms with Gasteiger partial charge < -0.3 is 19.0 Å². The first-order valence-electron chi connectivity index (χ1n) is 9.69. The Morgan fingerprint density at radius 2 is 1.77 bits per heavy atom. The zero-order chi connectivity index (χ0) is 21.6. The van der Waals surface area contributed by atoms with Crippen molar-refractivity contribution in [2.24, 2.45) is 0 Å². The predicted molar refractivity (Wildman–Crippen MR) is 116 cm³/mol. The normalized spacial score (nSPS) is 14.0. The number of anilines is 1.